The molecule has 1 saturated heterocycles. The number of aromatic amines is 1. The Morgan fingerprint density at radius 2 is 2.62 bits per heavy atom. The minimum Gasteiger partial charge on any atom is -0.367 e. The van der Waals surface area contributed by atoms with Crippen molar-refractivity contribution in [3.63, 3.8) is 0 Å². The summed E-state index contributed by atoms with van der Waals surface area (Å²) in [7, 11) is 0. The van der Waals surface area contributed by atoms with Crippen molar-refractivity contribution in [2.45, 2.75) is 31.2 Å². The molecule has 0 radical (unpaired) electrons. The van der Waals surface area contributed by atoms with Crippen LogP contribution in [0.3, 0.4) is 0 Å². The second kappa shape index (κ2) is 4.20. The molecule has 72 valence electrons. The summed E-state index contributed by atoms with van der Waals surface area (Å²) in [5, 5.41) is 4.41. The molecule has 2 nitrogen and oxygen atoms in total. The third kappa shape index (κ3) is 2.51. The first-order chi connectivity index (χ1) is 6.34. The van der Waals surface area contributed by atoms with Gasteiger partial charge in [-0.3, -0.25) is 0 Å². The first kappa shape index (κ1) is 9.16. The van der Waals surface area contributed by atoms with Gasteiger partial charge in [0, 0.05) is 36.0 Å². The molecule has 0 aliphatic carbocycles. The first-order valence-electron chi connectivity index (χ1n) is 4.81. The largest absolute Gasteiger partial charge is 0.367 e. The van der Waals surface area contributed by atoms with Gasteiger partial charge in [-0.2, -0.15) is 11.8 Å². The van der Waals surface area contributed by atoms with Gasteiger partial charge in [-0.05, 0) is 18.1 Å². The van der Waals surface area contributed by atoms with Gasteiger partial charge < -0.3 is 10.3 Å². The van der Waals surface area contributed by atoms with Crippen LogP contribution in [0.2, 0.25) is 0 Å². The third-order valence-electron chi connectivity index (χ3n) is 2.46. The Balaban J connectivity index is 1.74. The number of thioether (sulfide) groups is 1. The average molecular weight is 196 g/mol. The fourth-order valence-corrected chi connectivity index (χ4v) is 2.87. The van der Waals surface area contributed by atoms with E-state index >= 15 is 0 Å². The summed E-state index contributed by atoms with van der Waals surface area (Å²) < 4.78 is 0. The molecule has 2 rings (SSSR count). The van der Waals surface area contributed by atoms with Gasteiger partial charge in [0.15, 0.2) is 0 Å². The number of aromatic nitrogens is 1. The van der Waals surface area contributed by atoms with Crippen molar-refractivity contribution < 1.29 is 0 Å². The van der Waals surface area contributed by atoms with Crippen LogP contribution >= 0.6 is 11.8 Å². The Bertz CT molecular complexity index is 245. The number of hydrogen-bond donors (Lipinski definition) is 2. The van der Waals surface area contributed by atoms with Gasteiger partial charge in [-0.1, -0.05) is 6.92 Å². The zero-order chi connectivity index (χ0) is 9.10. The van der Waals surface area contributed by atoms with Gasteiger partial charge in [0.2, 0.25) is 0 Å². The van der Waals surface area contributed by atoms with Gasteiger partial charge in [0.25, 0.3) is 0 Å². The van der Waals surface area contributed by atoms with Crippen molar-refractivity contribution >= 4 is 11.8 Å². The lowest BCUT2D eigenvalue weighted by atomic mass is 10.2. The summed E-state index contributed by atoms with van der Waals surface area (Å²) in [4.78, 5) is 3.07. The van der Waals surface area contributed by atoms with Gasteiger partial charge >= 0.3 is 0 Å². The highest BCUT2D eigenvalue weighted by Gasteiger charge is 2.20. The normalized spacial score (nSPS) is 28.1. The molecule has 3 heteroatoms. The lowest BCUT2D eigenvalue weighted by Gasteiger charge is -2.09. The van der Waals surface area contributed by atoms with E-state index in [2.05, 4.69) is 41.2 Å². The van der Waals surface area contributed by atoms with Crippen LogP contribution in [0.5, 0.6) is 0 Å². The summed E-state index contributed by atoms with van der Waals surface area (Å²) >= 11 is 2.07. The van der Waals surface area contributed by atoms with Crippen molar-refractivity contribution in [2.24, 2.45) is 0 Å². The summed E-state index contributed by atoms with van der Waals surface area (Å²) in [5.74, 6) is 1.27. The van der Waals surface area contributed by atoms with Crippen LogP contribution < -0.4 is 5.32 Å². The molecule has 0 saturated carbocycles. The Labute approximate surface area is 83.5 Å². The maximum Gasteiger partial charge on any atom is 0.0223 e. The van der Waals surface area contributed by atoms with Crippen LogP contribution in [0.25, 0.3) is 0 Å². The zero-order valence-electron chi connectivity index (χ0n) is 7.92. The van der Waals surface area contributed by atoms with Gasteiger partial charge in [-0.15, -0.1) is 0 Å². The van der Waals surface area contributed by atoms with Crippen LogP contribution in [0, 0.1) is 0 Å². The smallest absolute Gasteiger partial charge is 0.0223 e. The standard InChI is InChI=1S/C10H16N2S/c1-8-4-10(7-13-8)12-6-9-2-3-11-5-9/h2-3,5,8,10-12H,4,6-7H2,1H3. The molecule has 0 bridgehead atoms. The predicted octanol–water partition coefficient (Wildman–Crippen LogP) is 2.00. The number of rotatable bonds is 3. The van der Waals surface area contributed by atoms with E-state index in [9.17, 15) is 0 Å². The molecule has 0 amide bonds. The molecule has 2 unspecified atom stereocenters. The molecule has 1 fully saturated rings. The van der Waals surface area contributed by atoms with Gasteiger partial charge in [0.05, 0.1) is 0 Å². The first-order valence-corrected chi connectivity index (χ1v) is 5.86. The summed E-state index contributed by atoms with van der Waals surface area (Å²) in [5.41, 5.74) is 1.35. The topological polar surface area (TPSA) is 27.8 Å². The van der Waals surface area contributed by atoms with E-state index in [1.807, 2.05) is 6.20 Å². The van der Waals surface area contributed by atoms with E-state index in [-0.39, 0.29) is 0 Å². The van der Waals surface area contributed by atoms with Crippen molar-refractivity contribution in [1.82, 2.24) is 10.3 Å². The van der Waals surface area contributed by atoms with E-state index < -0.39 is 0 Å². The molecule has 1 aliphatic rings. The lowest BCUT2D eigenvalue weighted by molar-refractivity contribution is 0.539. The predicted molar refractivity (Wildman–Crippen MR) is 58.0 cm³/mol. The van der Waals surface area contributed by atoms with E-state index in [0.29, 0.717) is 0 Å². The zero-order valence-corrected chi connectivity index (χ0v) is 8.73. The maximum atomic E-state index is 3.57. The van der Waals surface area contributed by atoms with Gasteiger partial charge in [0.1, 0.15) is 0 Å². The summed E-state index contributed by atoms with van der Waals surface area (Å²) in [6.07, 6.45) is 5.34. The van der Waals surface area contributed by atoms with Gasteiger partial charge in [-0.25, -0.2) is 0 Å². The van der Waals surface area contributed by atoms with E-state index in [4.69, 9.17) is 0 Å². The van der Waals surface area contributed by atoms with Crippen LogP contribution in [-0.4, -0.2) is 22.0 Å². The monoisotopic (exact) mass is 196 g/mol. The van der Waals surface area contributed by atoms with E-state index in [1.54, 1.807) is 0 Å². The molecular formula is C10H16N2S. The SMILES string of the molecule is CC1CC(NCc2cc[nH]c2)CS1. The maximum absolute atomic E-state index is 3.57. The Hall–Kier alpha value is -0.410. The lowest BCUT2D eigenvalue weighted by Crippen LogP contribution is -2.28. The Morgan fingerprint density at radius 1 is 1.69 bits per heavy atom. The second-order valence-corrected chi connectivity index (χ2v) is 5.15. The van der Waals surface area contributed by atoms with Crippen molar-refractivity contribution in [3.8, 4) is 0 Å². The molecule has 1 aliphatic heterocycles. The Morgan fingerprint density at radius 3 is 3.23 bits per heavy atom. The fourth-order valence-electron chi connectivity index (χ4n) is 1.69. The number of hydrogen-bond acceptors (Lipinski definition) is 2. The molecule has 0 spiro atoms. The molecule has 13 heavy (non-hydrogen) atoms. The Kier molecular flexibility index (Phi) is 2.96. The minimum atomic E-state index is 0.717. The third-order valence-corrected chi connectivity index (χ3v) is 3.81. The number of nitrogens with one attached hydrogen (secondary N) is 2. The molecular weight excluding hydrogens is 180 g/mol. The van der Waals surface area contributed by atoms with Crippen molar-refractivity contribution in [1.29, 1.82) is 0 Å². The van der Waals surface area contributed by atoms with Crippen LogP contribution in [0.4, 0.5) is 0 Å². The molecule has 1 aromatic rings. The summed E-state index contributed by atoms with van der Waals surface area (Å²) in [6, 6.07) is 2.84. The average Bonchev–Trinajstić information content (AvgIpc) is 2.71. The van der Waals surface area contributed by atoms with Crippen LogP contribution in [-0.2, 0) is 6.54 Å². The van der Waals surface area contributed by atoms with Crippen molar-refractivity contribution in [3.05, 3.63) is 24.0 Å². The highest BCUT2D eigenvalue weighted by atomic mass is 32.2. The fraction of sp³-hybridized carbons (Fsp3) is 0.600. The molecule has 2 N–H and O–H groups in total. The van der Waals surface area contributed by atoms with Crippen LogP contribution in [0.15, 0.2) is 18.5 Å². The minimum absolute atomic E-state index is 0.717. The highest BCUT2D eigenvalue weighted by molar-refractivity contribution is 8.00. The quantitative estimate of drug-likeness (QED) is 0.774. The van der Waals surface area contributed by atoms with Crippen molar-refractivity contribution in [2.75, 3.05) is 5.75 Å². The summed E-state index contributed by atoms with van der Waals surface area (Å²) in [6.45, 7) is 3.31. The molecule has 2 heterocycles. The number of H-pyrrole nitrogens is 1. The van der Waals surface area contributed by atoms with E-state index in [0.717, 1.165) is 17.8 Å². The molecule has 0 aromatic carbocycles. The van der Waals surface area contributed by atoms with E-state index in [1.165, 1.54) is 17.7 Å². The second-order valence-electron chi connectivity index (χ2n) is 3.68. The van der Waals surface area contributed by atoms with Crippen LogP contribution in [0.1, 0.15) is 18.9 Å². The highest BCUT2D eigenvalue weighted by Crippen LogP contribution is 2.25. The molecule has 2 atom stereocenters. The molecule has 1 aromatic heterocycles.